The van der Waals surface area contributed by atoms with Gasteiger partial charge in [-0.1, -0.05) is 30.3 Å². The van der Waals surface area contributed by atoms with Crippen molar-refractivity contribution in [2.24, 2.45) is 5.14 Å². The molecule has 10 heteroatoms. The SMILES string of the molecule is CC(OC(=O)CCc1ccc(S(N)(=O)=O)cc1)C(=O)NC(=O)Nc1ccccc1. The molecule has 9 nitrogen and oxygen atoms in total. The third-order valence-electron chi connectivity index (χ3n) is 3.82. The van der Waals surface area contributed by atoms with Crippen molar-refractivity contribution in [1.82, 2.24) is 5.32 Å². The van der Waals surface area contributed by atoms with E-state index in [0.717, 1.165) is 0 Å². The molecule has 0 aromatic heterocycles. The Balaban J connectivity index is 1.77. The minimum Gasteiger partial charge on any atom is -0.453 e. The van der Waals surface area contributed by atoms with E-state index in [0.29, 0.717) is 11.3 Å². The number of imide groups is 1. The van der Waals surface area contributed by atoms with E-state index in [4.69, 9.17) is 9.88 Å². The van der Waals surface area contributed by atoms with E-state index in [2.05, 4.69) is 10.6 Å². The van der Waals surface area contributed by atoms with Gasteiger partial charge < -0.3 is 10.1 Å². The van der Waals surface area contributed by atoms with Crippen LogP contribution < -0.4 is 15.8 Å². The number of rotatable bonds is 7. The number of primary sulfonamides is 1. The number of ether oxygens (including phenoxy) is 1. The second kappa shape index (κ2) is 9.80. The number of para-hydroxylation sites is 1. The number of sulfonamides is 1. The zero-order valence-electron chi connectivity index (χ0n) is 15.6. The van der Waals surface area contributed by atoms with E-state index < -0.39 is 34.0 Å². The second-order valence-corrected chi connectivity index (χ2v) is 7.69. The highest BCUT2D eigenvalue weighted by Gasteiger charge is 2.20. The molecule has 0 aliphatic rings. The number of amides is 3. The van der Waals surface area contributed by atoms with Crippen LogP contribution in [0.15, 0.2) is 59.5 Å². The lowest BCUT2D eigenvalue weighted by Crippen LogP contribution is -2.41. The molecule has 0 heterocycles. The summed E-state index contributed by atoms with van der Waals surface area (Å²) >= 11 is 0. The number of esters is 1. The molecule has 3 amide bonds. The predicted molar refractivity (Wildman–Crippen MR) is 105 cm³/mol. The number of aryl methyl sites for hydroxylation is 1. The van der Waals surface area contributed by atoms with Crippen molar-refractivity contribution in [3.05, 3.63) is 60.2 Å². The van der Waals surface area contributed by atoms with Crippen LogP contribution in [0.4, 0.5) is 10.5 Å². The topological polar surface area (TPSA) is 145 Å². The maximum absolute atomic E-state index is 12.0. The summed E-state index contributed by atoms with van der Waals surface area (Å²) in [5, 5.41) is 9.59. The number of urea groups is 1. The summed E-state index contributed by atoms with van der Waals surface area (Å²) in [6.07, 6.45) is -0.899. The van der Waals surface area contributed by atoms with Gasteiger partial charge in [0.1, 0.15) is 0 Å². The highest BCUT2D eigenvalue weighted by molar-refractivity contribution is 7.89. The lowest BCUT2D eigenvalue weighted by molar-refractivity contribution is -0.154. The van der Waals surface area contributed by atoms with Crippen LogP contribution in [0.5, 0.6) is 0 Å². The lowest BCUT2D eigenvalue weighted by Gasteiger charge is -2.13. The minimum atomic E-state index is -3.78. The van der Waals surface area contributed by atoms with Gasteiger partial charge in [0.25, 0.3) is 5.91 Å². The number of benzene rings is 2. The number of carbonyl (C=O) groups is 3. The standard InChI is InChI=1S/C19H21N3O6S/c1-13(18(24)22-19(25)21-15-5-3-2-4-6-15)28-17(23)12-9-14-7-10-16(11-8-14)29(20,26)27/h2-8,10-11,13H,9,12H2,1H3,(H2,20,26,27)(H2,21,22,24,25). The van der Waals surface area contributed by atoms with Crippen LogP contribution in [0.2, 0.25) is 0 Å². The molecule has 29 heavy (non-hydrogen) atoms. The van der Waals surface area contributed by atoms with Gasteiger partial charge in [-0.3, -0.25) is 14.9 Å². The summed E-state index contributed by atoms with van der Waals surface area (Å²) in [5.74, 6) is -1.39. The Morgan fingerprint density at radius 3 is 2.24 bits per heavy atom. The molecule has 1 atom stereocenters. The Morgan fingerprint density at radius 1 is 1.03 bits per heavy atom. The molecule has 154 valence electrons. The fourth-order valence-corrected chi connectivity index (χ4v) is 2.81. The largest absolute Gasteiger partial charge is 0.453 e. The smallest absolute Gasteiger partial charge is 0.325 e. The molecular formula is C19H21N3O6S. The molecule has 0 fully saturated rings. The van der Waals surface area contributed by atoms with Gasteiger partial charge in [0.2, 0.25) is 10.0 Å². The second-order valence-electron chi connectivity index (χ2n) is 6.13. The molecule has 2 aromatic carbocycles. The van der Waals surface area contributed by atoms with Gasteiger partial charge >= 0.3 is 12.0 Å². The first-order valence-electron chi connectivity index (χ1n) is 8.63. The highest BCUT2D eigenvalue weighted by atomic mass is 32.2. The van der Waals surface area contributed by atoms with Crippen LogP contribution in [0.25, 0.3) is 0 Å². The van der Waals surface area contributed by atoms with Gasteiger partial charge in [0.15, 0.2) is 6.10 Å². The summed E-state index contributed by atoms with van der Waals surface area (Å²) in [6, 6.07) is 13.6. The Kier molecular flexibility index (Phi) is 7.46. The Labute approximate surface area is 168 Å². The van der Waals surface area contributed by atoms with Crippen LogP contribution in [0.3, 0.4) is 0 Å². The first-order valence-corrected chi connectivity index (χ1v) is 10.2. The molecule has 0 saturated heterocycles. The van der Waals surface area contributed by atoms with E-state index in [9.17, 15) is 22.8 Å². The number of nitrogens with one attached hydrogen (secondary N) is 2. The van der Waals surface area contributed by atoms with E-state index in [-0.39, 0.29) is 17.7 Å². The van der Waals surface area contributed by atoms with Gasteiger partial charge in [-0.2, -0.15) is 0 Å². The van der Waals surface area contributed by atoms with Crippen molar-refractivity contribution in [3.8, 4) is 0 Å². The van der Waals surface area contributed by atoms with Crippen molar-refractivity contribution in [3.63, 3.8) is 0 Å². The highest BCUT2D eigenvalue weighted by Crippen LogP contribution is 2.11. The van der Waals surface area contributed by atoms with Gasteiger partial charge in [-0.15, -0.1) is 0 Å². The van der Waals surface area contributed by atoms with E-state index in [1.54, 1.807) is 30.3 Å². The number of hydrogen-bond donors (Lipinski definition) is 3. The van der Waals surface area contributed by atoms with Crippen molar-refractivity contribution in [1.29, 1.82) is 0 Å². The maximum atomic E-state index is 12.0. The summed E-state index contributed by atoms with van der Waals surface area (Å²) in [5.41, 5.74) is 1.21. The lowest BCUT2D eigenvalue weighted by atomic mass is 10.1. The number of hydrogen-bond acceptors (Lipinski definition) is 6. The molecule has 4 N–H and O–H groups in total. The van der Waals surface area contributed by atoms with Gasteiger partial charge in [0.05, 0.1) is 4.90 Å². The third kappa shape index (κ3) is 7.35. The summed E-state index contributed by atoms with van der Waals surface area (Å²) < 4.78 is 27.4. The first kappa shape index (κ1) is 22.1. The quantitative estimate of drug-likeness (QED) is 0.581. The van der Waals surface area contributed by atoms with Crippen LogP contribution in [-0.4, -0.2) is 32.4 Å². The number of nitrogens with two attached hydrogens (primary N) is 1. The molecule has 0 bridgehead atoms. The van der Waals surface area contributed by atoms with E-state index >= 15 is 0 Å². The Hall–Kier alpha value is -3.24. The Bertz CT molecular complexity index is 975. The Morgan fingerprint density at radius 2 is 1.66 bits per heavy atom. The van der Waals surface area contributed by atoms with Gasteiger partial charge in [-0.05, 0) is 43.2 Å². The maximum Gasteiger partial charge on any atom is 0.325 e. The molecule has 0 aliphatic carbocycles. The van der Waals surface area contributed by atoms with Gasteiger partial charge in [-0.25, -0.2) is 18.4 Å². The molecular weight excluding hydrogens is 398 g/mol. The van der Waals surface area contributed by atoms with Crippen LogP contribution >= 0.6 is 0 Å². The summed E-state index contributed by atoms with van der Waals surface area (Å²) in [4.78, 5) is 35.6. The van der Waals surface area contributed by atoms with Crippen molar-refractivity contribution in [2.75, 3.05) is 5.32 Å². The summed E-state index contributed by atoms with van der Waals surface area (Å²) in [6.45, 7) is 1.35. The van der Waals surface area contributed by atoms with Crippen LogP contribution in [0.1, 0.15) is 18.9 Å². The number of carbonyl (C=O) groups excluding carboxylic acids is 3. The normalized spacial score (nSPS) is 11.9. The van der Waals surface area contributed by atoms with Crippen LogP contribution in [0, 0.1) is 0 Å². The molecule has 0 saturated carbocycles. The average Bonchev–Trinajstić information content (AvgIpc) is 2.66. The van der Waals surface area contributed by atoms with Gasteiger partial charge in [0, 0.05) is 12.1 Å². The van der Waals surface area contributed by atoms with Crippen LogP contribution in [-0.2, 0) is 30.8 Å². The fraction of sp³-hybridized carbons (Fsp3) is 0.211. The molecule has 1 unspecified atom stereocenters. The van der Waals surface area contributed by atoms with Crippen molar-refractivity contribution >= 4 is 33.6 Å². The van der Waals surface area contributed by atoms with Crippen molar-refractivity contribution in [2.45, 2.75) is 30.8 Å². The molecule has 2 rings (SSSR count). The average molecular weight is 419 g/mol. The molecule has 0 radical (unpaired) electrons. The first-order chi connectivity index (χ1) is 13.6. The minimum absolute atomic E-state index is 0.0251. The third-order valence-corrected chi connectivity index (χ3v) is 4.74. The zero-order chi connectivity index (χ0) is 21.4. The summed E-state index contributed by atoms with van der Waals surface area (Å²) in [7, 11) is -3.78. The monoisotopic (exact) mass is 419 g/mol. The zero-order valence-corrected chi connectivity index (χ0v) is 16.4. The fourth-order valence-electron chi connectivity index (χ4n) is 2.30. The molecule has 2 aromatic rings. The molecule has 0 spiro atoms. The molecule has 0 aliphatic heterocycles. The number of anilines is 1. The van der Waals surface area contributed by atoms with E-state index in [1.165, 1.54) is 31.2 Å². The predicted octanol–water partition coefficient (Wildman–Crippen LogP) is 1.55. The van der Waals surface area contributed by atoms with E-state index in [1.807, 2.05) is 0 Å². The van der Waals surface area contributed by atoms with Crippen molar-refractivity contribution < 1.29 is 27.5 Å².